The van der Waals surface area contributed by atoms with Crippen molar-refractivity contribution in [1.82, 2.24) is 0 Å². The lowest BCUT2D eigenvalue weighted by molar-refractivity contribution is -0.316. The summed E-state index contributed by atoms with van der Waals surface area (Å²) < 4.78 is 0. The Morgan fingerprint density at radius 1 is 0.758 bits per heavy atom. The van der Waals surface area contributed by atoms with Gasteiger partial charge in [0.05, 0.1) is 5.57 Å². The van der Waals surface area contributed by atoms with E-state index in [1.807, 2.05) is 30.3 Å². The molecule has 0 bridgehead atoms. The molecule has 0 heterocycles. The van der Waals surface area contributed by atoms with Gasteiger partial charge < -0.3 is 5.11 Å². The second-order valence-corrected chi connectivity index (χ2v) is 9.77. The molecule has 0 aliphatic heterocycles. The van der Waals surface area contributed by atoms with Gasteiger partial charge in [-0.25, -0.2) is 0 Å². The Morgan fingerprint density at radius 2 is 1.30 bits per heavy atom. The maximum Gasteiger partial charge on any atom is 0.170 e. The zero-order chi connectivity index (χ0) is 22.9. The minimum absolute atomic E-state index is 0.0306. The van der Waals surface area contributed by atoms with Crippen LogP contribution in [0.2, 0.25) is 0 Å². The molecular weight excluding hydrogens is 412 g/mol. The van der Waals surface area contributed by atoms with Crippen molar-refractivity contribution in [2.75, 3.05) is 0 Å². The van der Waals surface area contributed by atoms with Crippen LogP contribution in [0.3, 0.4) is 0 Å². The van der Waals surface area contributed by atoms with Gasteiger partial charge in [0.25, 0.3) is 0 Å². The first-order chi connectivity index (χ1) is 16.1. The van der Waals surface area contributed by atoms with Crippen LogP contribution in [-0.2, 0) is 14.4 Å². The molecule has 4 heteroatoms. The summed E-state index contributed by atoms with van der Waals surface area (Å²) in [5, 5.41) is 12.9. The molecule has 0 spiro atoms. The molecule has 1 aromatic rings. The van der Waals surface area contributed by atoms with E-state index >= 15 is 0 Å². The smallest absolute Gasteiger partial charge is 0.170 e. The summed E-state index contributed by atoms with van der Waals surface area (Å²) in [4.78, 5) is 38.6. The van der Waals surface area contributed by atoms with Crippen LogP contribution in [0.25, 0.3) is 5.57 Å². The van der Waals surface area contributed by atoms with E-state index in [2.05, 4.69) is 0 Å². The van der Waals surface area contributed by atoms with Gasteiger partial charge in [-0.2, -0.15) is 0 Å². The molecular formula is C29H29O4-. The van der Waals surface area contributed by atoms with Crippen LogP contribution in [0.1, 0.15) is 56.9 Å². The Labute approximate surface area is 194 Å². The molecule has 4 unspecified atom stereocenters. The minimum atomic E-state index is -0.158. The highest BCUT2D eigenvalue weighted by Crippen LogP contribution is 2.42. The van der Waals surface area contributed by atoms with E-state index in [1.165, 1.54) is 0 Å². The van der Waals surface area contributed by atoms with Crippen molar-refractivity contribution in [3.63, 3.8) is 0 Å². The Bertz CT molecular complexity index is 1080. The van der Waals surface area contributed by atoms with E-state index in [0.717, 1.165) is 62.5 Å². The number of Topliss-reactive ketones (excluding diaryl/α,β-unsaturated/α-hetero) is 3. The molecule has 3 fully saturated rings. The molecule has 4 nitrogen and oxygen atoms in total. The van der Waals surface area contributed by atoms with Gasteiger partial charge in [0, 0.05) is 23.3 Å². The SMILES string of the molecule is O=C1C(=CC=C(C=CC2=C([O-])C3CCCCC3C2=O)c2ccccc2)C(=O)C2CCCCC12. The molecule has 170 valence electrons. The van der Waals surface area contributed by atoms with Crippen molar-refractivity contribution in [2.24, 2.45) is 23.7 Å². The monoisotopic (exact) mass is 441 g/mol. The average Bonchev–Trinajstić information content (AvgIpc) is 3.25. The highest BCUT2D eigenvalue weighted by molar-refractivity contribution is 6.27. The van der Waals surface area contributed by atoms with Gasteiger partial charge in [-0.15, -0.1) is 5.76 Å². The first-order valence-corrected chi connectivity index (χ1v) is 12.3. The van der Waals surface area contributed by atoms with E-state index in [-0.39, 0.29) is 46.8 Å². The maximum absolute atomic E-state index is 12.9. The number of hydrogen-bond donors (Lipinski definition) is 0. The number of rotatable bonds is 4. The molecule has 0 N–H and O–H groups in total. The van der Waals surface area contributed by atoms with Crippen molar-refractivity contribution in [1.29, 1.82) is 0 Å². The quantitative estimate of drug-likeness (QED) is 0.391. The van der Waals surface area contributed by atoms with Gasteiger partial charge >= 0.3 is 0 Å². The molecule has 4 aliphatic rings. The van der Waals surface area contributed by atoms with Gasteiger partial charge in [0.15, 0.2) is 17.3 Å². The number of carbonyl (C=O) groups is 3. The van der Waals surface area contributed by atoms with Crippen molar-refractivity contribution >= 4 is 22.9 Å². The van der Waals surface area contributed by atoms with Gasteiger partial charge in [-0.05, 0) is 48.8 Å². The van der Waals surface area contributed by atoms with Gasteiger partial charge in [0.1, 0.15) is 0 Å². The van der Waals surface area contributed by atoms with Crippen molar-refractivity contribution in [3.05, 3.63) is 77.1 Å². The van der Waals surface area contributed by atoms with E-state index in [9.17, 15) is 19.5 Å². The summed E-state index contributed by atoms with van der Waals surface area (Å²) in [7, 11) is 0. The Morgan fingerprint density at radius 3 is 1.88 bits per heavy atom. The summed E-state index contributed by atoms with van der Waals surface area (Å²) >= 11 is 0. The van der Waals surface area contributed by atoms with Crippen LogP contribution in [0, 0.1) is 23.7 Å². The third-order valence-corrected chi connectivity index (χ3v) is 7.91. The summed E-state index contributed by atoms with van der Waals surface area (Å²) in [5.41, 5.74) is 2.25. The summed E-state index contributed by atoms with van der Waals surface area (Å²) in [6, 6.07) is 9.63. The van der Waals surface area contributed by atoms with Gasteiger partial charge in [-0.1, -0.05) is 74.2 Å². The van der Waals surface area contributed by atoms with E-state index in [4.69, 9.17) is 0 Å². The maximum atomic E-state index is 12.9. The van der Waals surface area contributed by atoms with Crippen LogP contribution >= 0.6 is 0 Å². The zero-order valence-corrected chi connectivity index (χ0v) is 18.8. The predicted molar refractivity (Wildman–Crippen MR) is 125 cm³/mol. The molecule has 0 saturated heterocycles. The van der Waals surface area contributed by atoms with E-state index in [0.29, 0.717) is 11.1 Å². The third kappa shape index (κ3) is 3.96. The zero-order valence-electron chi connectivity index (χ0n) is 18.8. The summed E-state index contributed by atoms with van der Waals surface area (Å²) in [6.45, 7) is 0. The average molecular weight is 442 g/mol. The molecule has 1 aromatic carbocycles. The fraction of sp³-hybridized carbons (Fsp3) is 0.414. The van der Waals surface area contributed by atoms with Crippen LogP contribution in [-0.4, -0.2) is 17.3 Å². The Kier molecular flexibility index (Phi) is 6.01. The van der Waals surface area contributed by atoms with Gasteiger partial charge in [-0.3, -0.25) is 14.4 Å². The van der Waals surface area contributed by atoms with Gasteiger partial charge in [0.2, 0.25) is 0 Å². The number of fused-ring (bicyclic) bond motifs is 2. The second-order valence-electron chi connectivity index (χ2n) is 9.77. The first-order valence-electron chi connectivity index (χ1n) is 12.3. The summed E-state index contributed by atoms with van der Waals surface area (Å²) in [6.07, 6.45) is 14.1. The third-order valence-electron chi connectivity index (χ3n) is 7.91. The van der Waals surface area contributed by atoms with Crippen LogP contribution in [0.4, 0.5) is 0 Å². The standard InChI is InChI=1S/C29H30O4/c30-26-20-10-4-5-11-21(20)27(31)24(26)16-14-19(18-8-2-1-3-9-18)15-17-25-28(32)22-12-6-7-13-23(22)29(25)33/h1-3,8-9,14-17,20-23,30H,4-7,10-13H2/p-1. The molecule has 33 heavy (non-hydrogen) atoms. The Hall–Kier alpha value is -3.01. The fourth-order valence-electron chi connectivity index (χ4n) is 6.11. The molecule has 0 amide bonds. The van der Waals surface area contributed by atoms with Crippen LogP contribution in [0.15, 0.2) is 71.5 Å². The fourth-order valence-corrected chi connectivity index (χ4v) is 6.11. The normalized spacial score (nSPS) is 30.2. The second kappa shape index (κ2) is 9.09. The first kappa shape index (κ1) is 21.8. The van der Waals surface area contributed by atoms with Crippen molar-refractivity contribution in [2.45, 2.75) is 51.4 Å². The van der Waals surface area contributed by atoms with Crippen LogP contribution < -0.4 is 5.11 Å². The van der Waals surface area contributed by atoms with E-state index < -0.39 is 0 Å². The number of allylic oxidation sites excluding steroid dienone is 8. The topological polar surface area (TPSA) is 74.3 Å². The Balaban J connectivity index is 1.48. The number of carbonyl (C=O) groups excluding carboxylic acids is 3. The predicted octanol–water partition coefficient (Wildman–Crippen LogP) is 4.51. The lowest BCUT2D eigenvalue weighted by Gasteiger charge is -2.28. The molecule has 4 atom stereocenters. The number of hydrogen-bond acceptors (Lipinski definition) is 4. The molecule has 4 aliphatic carbocycles. The molecule has 3 saturated carbocycles. The number of benzene rings is 1. The highest BCUT2D eigenvalue weighted by Gasteiger charge is 2.45. The lowest BCUT2D eigenvalue weighted by atomic mass is 9.80. The largest absolute Gasteiger partial charge is 0.875 e. The molecule has 0 radical (unpaired) electrons. The van der Waals surface area contributed by atoms with E-state index in [1.54, 1.807) is 24.3 Å². The van der Waals surface area contributed by atoms with Crippen molar-refractivity contribution in [3.8, 4) is 0 Å². The summed E-state index contributed by atoms with van der Waals surface area (Å²) in [5.74, 6) is -0.755. The lowest BCUT2D eigenvalue weighted by Crippen LogP contribution is -2.24. The highest BCUT2D eigenvalue weighted by atomic mass is 16.3. The molecule has 0 aromatic heterocycles. The molecule has 5 rings (SSSR count). The minimum Gasteiger partial charge on any atom is -0.875 e. The van der Waals surface area contributed by atoms with Crippen LogP contribution in [0.5, 0.6) is 0 Å². The van der Waals surface area contributed by atoms with Crippen molar-refractivity contribution < 1.29 is 19.5 Å². The number of ketones is 3.